The zero-order valence-corrected chi connectivity index (χ0v) is 14.6. The van der Waals surface area contributed by atoms with Gasteiger partial charge in [-0.05, 0) is 25.1 Å². The van der Waals surface area contributed by atoms with E-state index in [-0.39, 0.29) is 11.4 Å². The second-order valence-corrected chi connectivity index (χ2v) is 6.57. The minimum absolute atomic E-state index is 0.109. The number of rotatable bonds is 4. The third-order valence-corrected chi connectivity index (χ3v) is 3.80. The highest BCUT2D eigenvalue weighted by atomic mass is 79.9. The number of amides is 2. The van der Waals surface area contributed by atoms with Crippen LogP contribution >= 0.6 is 27.5 Å². The van der Waals surface area contributed by atoms with E-state index in [2.05, 4.69) is 30.8 Å². The monoisotopic (exact) mass is 372 g/mol. The molecule has 0 fully saturated rings. The summed E-state index contributed by atoms with van der Waals surface area (Å²) in [6.07, 6.45) is 0. The molecule has 1 unspecified atom stereocenters. The van der Waals surface area contributed by atoms with Gasteiger partial charge in [0, 0.05) is 31.7 Å². The van der Waals surface area contributed by atoms with Crippen molar-refractivity contribution in [2.45, 2.75) is 18.8 Å². The molecule has 0 bridgehead atoms. The van der Waals surface area contributed by atoms with Crippen LogP contribution in [0.25, 0.3) is 11.0 Å². The fraction of sp³-hybridized carbons (Fsp3) is 0.429. The molecule has 2 amide bonds. The van der Waals surface area contributed by atoms with Crippen molar-refractivity contribution < 1.29 is 4.79 Å². The van der Waals surface area contributed by atoms with E-state index in [1.165, 1.54) is 4.90 Å². The molecule has 0 radical (unpaired) electrons. The van der Waals surface area contributed by atoms with Gasteiger partial charge in [-0.25, -0.2) is 9.78 Å². The zero-order valence-electron chi connectivity index (χ0n) is 12.2. The summed E-state index contributed by atoms with van der Waals surface area (Å²) >= 11 is 9.67. The molecule has 0 aliphatic carbocycles. The van der Waals surface area contributed by atoms with Crippen molar-refractivity contribution in [2.24, 2.45) is 0 Å². The van der Waals surface area contributed by atoms with Gasteiger partial charge in [0.1, 0.15) is 5.82 Å². The third kappa shape index (κ3) is 3.68. The Morgan fingerprint density at radius 2 is 2.24 bits per heavy atom. The van der Waals surface area contributed by atoms with Crippen LogP contribution in [-0.2, 0) is 6.54 Å². The number of alkyl halides is 1. The van der Waals surface area contributed by atoms with Crippen LogP contribution in [0.1, 0.15) is 18.1 Å². The first-order valence-corrected chi connectivity index (χ1v) is 7.88. The van der Waals surface area contributed by atoms with Gasteiger partial charge in [-0.2, -0.15) is 0 Å². The first-order valence-electron chi connectivity index (χ1n) is 6.65. The number of carbonyl (C=O) groups is 1. The van der Waals surface area contributed by atoms with Crippen LogP contribution in [0.5, 0.6) is 0 Å². The van der Waals surface area contributed by atoms with Crippen molar-refractivity contribution in [3.05, 3.63) is 28.5 Å². The number of fused-ring (bicyclic) bond motifs is 1. The average Bonchev–Trinajstić information content (AvgIpc) is 2.76. The Morgan fingerprint density at radius 3 is 2.86 bits per heavy atom. The molecular formula is C14H18BrClN4O. The van der Waals surface area contributed by atoms with Crippen LogP contribution in [0.4, 0.5) is 4.79 Å². The third-order valence-electron chi connectivity index (χ3n) is 3.11. The summed E-state index contributed by atoms with van der Waals surface area (Å²) in [4.78, 5) is 17.6. The van der Waals surface area contributed by atoms with E-state index in [9.17, 15) is 4.79 Å². The maximum absolute atomic E-state index is 11.6. The molecule has 7 heteroatoms. The Kier molecular flexibility index (Phi) is 5.11. The second-order valence-electron chi connectivity index (χ2n) is 5.00. The van der Waals surface area contributed by atoms with Crippen molar-refractivity contribution in [2.75, 3.05) is 20.6 Å². The fourth-order valence-corrected chi connectivity index (χ4v) is 2.61. The normalized spacial score (nSPS) is 12.4. The smallest absolute Gasteiger partial charge is 0.316 e. The Balaban J connectivity index is 2.24. The van der Waals surface area contributed by atoms with Gasteiger partial charge in [-0.3, -0.25) is 0 Å². The highest BCUT2D eigenvalue weighted by molar-refractivity contribution is 9.10. The molecule has 2 aromatic rings. The molecule has 1 atom stereocenters. The first-order chi connectivity index (χ1) is 9.90. The van der Waals surface area contributed by atoms with Crippen molar-refractivity contribution in [1.82, 2.24) is 19.8 Å². The summed E-state index contributed by atoms with van der Waals surface area (Å²) in [5, 5.41) is 2.65. The molecule has 21 heavy (non-hydrogen) atoms. The number of hydrogen-bond acceptors (Lipinski definition) is 2. The highest BCUT2D eigenvalue weighted by Gasteiger charge is 2.15. The van der Waals surface area contributed by atoms with Crippen LogP contribution in [0.15, 0.2) is 22.7 Å². The molecule has 1 aromatic heterocycles. The Bertz CT molecular complexity index is 654. The molecule has 5 nitrogen and oxygen atoms in total. The van der Waals surface area contributed by atoms with Gasteiger partial charge in [0.25, 0.3) is 0 Å². The van der Waals surface area contributed by atoms with E-state index in [0.29, 0.717) is 13.1 Å². The highest BCUT2D eigenvalue weighted by Crippen LogP contribution is 2.26. The van der Waals surface area contributed by atoms with Crippen molar-refractivity contribution >= 4 is 44.6 Å². The fourth-order valence-electron chi connectivity index (χ4n) is 2.09. The molecule has 0 aliphatic rings. The van der Waals surface area contributed by atoms with E-state index < -0.39 is 0 Å². The maximum atomic E-state index is 11.6. The van der Waals surface area contributed by atoms with Crippen LogP contribution in [0.3, 0.4) is 0 Å². The van der Waals surface area contributed by atoms with Crippen LogP contribution < -0.4 is 5.32 Å². The molecule has 0 aliphatic heterocycles. The lowest BCUT2D eigenvalue weighted by Gasteiger charge is -2.14. The quantitative estimate of drug-likeness (QED) is 0.835. The predicted molar refractivity (Wildman–Crippen MR) is 88.8 cm³/mol. The lowest BCUT2D eigenvalue weighted by Crippen LogP contribution is -2.36. The lowest BCUT2D eigenvalue weighted by atomic mass is 10.3. The number of aromatic nitrogens is 2. The zero-order chi connectivity index (χ0) is 15.6. The molecule has 0 saturated carbocycles. The van der Waals surface area contributed by atoms with E-state index in [1.54, 1.807) is 14.1 Å². The number of nitrogens with one attached hydrogen (secondary N) is 1. The average molecular weight is 374 g/mol. The Hall–Kier alpha value is -1.27. The molecule has 1 aromatic carbocycles. The number of urea groups is 1. The topological polar surface area (TPSA) is 50.2 Å². The van der Waals surface area contributed by atoms with Gasteiger partial charge in [-0.15, -0.1) is 11.6 Å². The molecule has 1 heterocycles. The lowest BCUT2D eigenvalue weighted by molar-refractivity contribution is 0.217. The number of halogens is 2. The number of hydrogen-bond donors (Lipinski definition) is 1. The summed E-state index contributed by atoms with van der Waals surface area (Å²) in [5.74, 6) is 0.809. The largest absolute Gasteiger partial charge is 0.336 e. The number of nitrogens with zero attached hydrogens (tertiary/aromatic N) is 3. The second kappa shape index (κ2) is 6.66. The molecule has 114 valence electrons. The van der Waals surface area contributed by atoms with Crippen molar-refractivity contribution in [3.63, 3.8) is 0 Å². The summed E-state index contributed by atoms with van der Waals surface area (Å²) in [7, 11) is 3.43. The van der Waals surface area contributed by atoms with Crippen LogP contribution in [-0.4, -0.2) is 41.1 Å². The van der Waals surface area contributed by atoms with Gasteiger partial charge < -0.3 is 14.8 Å². The van der Waals surface area contributed by atoms with Gasteiger partial charge in [0.15, 0.2) is 0 Å². The van der Waals surface area contributed by atoms with Gasteiger partial charge in [-0.1, -0.05) is 15.9 Å². The van der Waals surface area contributed by atoms with Gasteiger partial charge >= 0.3 is 6.03 Å². The molecule has 2 rings (SSSR count). The van der Waals surface area contributed by atoms with Gasteiger partial charge in [0.2, 0.25) is 0 Å². The molecule has 1 N–H and O–H groups in total. The molecular weight excluding hydrogens is 356 g/mol. The molecule has 0 spiro atoms. The summed E-state index contributed by atoms with van der Waals surface area (Å²) in [5.41, 5.74) is 1.91. The van der Waals surface area contributed by atoms with E-state index >= 15 is 0 Å². The van der Waals surface area contributed by atoms with Crippen LogP contribution in [0, 0.1) is 0 Å². The van der Waals surface area contributed by atoms with E-state index in [1.807, 2.05) is 25.1 Å². The minimum Gasteiger partial charge on any atom is -0.336 e. The predicted octanol–water partition coefficient (Wildman–Crippen LogP) is 3.37. The SMILES string of the molecule is CC(Cl)c1nc2cc(Br)ccc2n1CCNC(=O)N(C)C. The summed E-state index contributed by atoms with van der Waals surface area (Å²) in [6.45, 7) is 3.05. The number of imidazole rings is 1. The van der Waals surface area contributed by atoms with E-state index in [0.717, 1.165) is 21.3 Å². The van der Waals surface area contributed by atoms with E-state index in [4.69, 9.17) is 11.6 Å². The van der Waals surface area contributed by atoms with Crippen molar-refractivity contribution in [1.29, 1.82) is 0 Å². The number of carbonyl (C=O) groups excluding carboxylic acids is 1. The summed E-state index contributed by atoms with van der Waals surface area (Å²) in [6, 6.07) is 5.83. The Labute approximate surface area is 137 Å². The van der Waals surface area contributed by atoms with Gasteiger partial charge in [0.05, 0.1) is 16.4 Å². The maximum Gasteiger partial charge on any atom is 0.316 e. The minimum atomic E-state index is -0.194. The first kappa shape index (κ1) is 16.1. The van der Waals surface area contributed by atoms with Crippen LogP contribution in [0.2, 0.25) is 0 Å². The Morgan fingerprint density at radius 1 is 1.52 bits per heavy atom. The summed E-state index contributed by atoms with van der Waals surface area (Å²) < 4.78 is 3.03. The molecule has 0 saturated heterocycles. The standard InChI is InChI=1S/C14H18BrClN4O/c1-9(16)13-18-11-8-10(15)4-5-12(11)20(13)7-6-17-14(21)19(2)3/h4-5,8-9H,6-7H2,1-3H3,(H,17,21). The van der Waals surface area contributed by atoms with Crippen molar-refractivity contribution in [3.8, 4) is 0 Å². The number of benzene rings is 1.